The van der Waals surface area contributed by atoms with Crippen molar-refractivity contribution in [3.63, 3.8) is 0 Å². The summed E-state index contributed by atoms with van der Waals surface area (Å²) < 4.78 is 26.2. The highest BCUT2D eigenvalue weighted by atomic mass is 19.1. The van der Waals surface area contributed by atoms with E-state index in [0.29, 0.717) is 24.7 Å². The third kappa shape index (κ3) is 3.90. The lowest BCUT2D eigenvalue weighted by molar-refractivity contribution is 0.104. The lowest BCUT2D eigenvalue weighted by atomic mass is 10.1. The van der Waals surface area contributed by atoms with Gasteiger partial charge in [-0.3, -0.25) is 4.90 Å². The lowest BCUT2D eigenvalue weighted by Gasteiger charge is -2.25. The SMILES string of the molecule is OC(CN(Cc1cccc(F)c1)C1CC1)c1ccc(F)cc1. The monoisotopic (exact) mass is 303 g/mol. The largest absolute Gasteiger partial charge is 0.387 e. The number of hydrogen-bond donors (Lipinski definition) is 1. The molecule has 2 aromatic carbocycles. The van der Waals surface area contributed by atoms with Crippen molar-refractivity contribution in [1.82, 2.24) is 4.90 Å². The predicted molar refractivity (Wildman–Crippen MR) is 81.2 cm³/mol. The molecule has 2 nitrogen and oxygen atoms in total. The first-order valence-electron chi connectivity index (χ1n) is 7.54. The zero-order valence-electron chi connectivity index (χ0n) is 12.3. The number of halogens is 2. The quantitative estimate of drug-likeness (QED) is 0.880. The highest BCUT2D eigenvalue weighted by Crippen LogP contribution is 2.30. The normalized spacial score (nSPS) is 16.0. The van der Waals surface area contributed by atoms with Crippen molar-refractivity contribution < 1.29 is 13.9 Å². The van der Waals surface area contributed by atoms with Crippen molar-refractivity contribution in [2.24, 2.45) is 0 Å². The number of rotatable bonds is 6. The third-order valence-corrected chi connectivity index (χ3v) is 4.00. The first-order valence-corrected chi connectivity index (χ1v) is 7.54. The molecule has 0 radical (unpaired) electrons. The van der Waals surface area contributed by atoms with Crippen LogP contribution in [0.1, 0.15) is 30.1 Å². The second-order valence-electron chi connectivity index (χ2n) is 5.86. The molecule has 4 heteroatoms. The smallest absolute Gasteiger partial charge is 0.123 e. The molecule has 0 aromatic heterocycles. The Kier molecular flexibility index (Phi) is 4.50. The Morgan fingerprint density at radius 2 is 1.77 bits per heavy atom. The van der Waals surface area contributed by atoms with E-state index in [-0.39, 0.29) is 11.6 Å². The van der Waals surface area contributed by atoms with Crippen LogP contribution >= 0.6 is 0 Å². The maximum absolute atomic E-state index is 13.3. The Morgan fingerprint density at radius 1 is 1.05 bits per heavy atom. The molecule has 22 heavy (non-hydrogen) atoms. The summed E-state index contributed by atoms with van der Waals surface area (Å²) in [4.78, 5) is 2.17. The highest BCUT2D eigenvalue weighted by molar-refractivity contribution is 5.20. The average molecular weight is 303 g/mol. The van der Waals surface area contributed by atoms with Crippen molar-refractivity contribution in [3.8, 4) is 0 Å². The standard InChI is InChI=1S/C18H19F2NO/c19-15-6-4-14(5-7-15)18(22)12-21(17-8-9-17)11-13-2-1-3-16(20)10-13/h1-7,10,17-18,22H,8-9,11-12H2. The van der Waals surface area contributed by atoms with E-state index in [1.54, 1.807) is 18.2 Å². The van der Waals surface area contributed by atoms with Crippen LogP contribution in [0.25, 0.3) is 0 Å². The zero-order valence-corrected chi connectivity index (χ0v) is 12.3. The fourth-order valence-electron chi connectivity index (χ4n) is 2.66. The summed E-state index contributed by atoms with van der Waals surface area (Å²) >= 11 is 0. The fourth-order valence-corrected chi connectivity index (χ4v) is 2.66. The van der Waals surface area contributed by atoms with Gasteiger partial charge in [0.25, 0.3) is 0 Å². The molecule has 1 N–H and O–H groups in total. The number of hydrogen-bond acceptors (Lipinski definition) is 2. The van der Waals surface area contributed by atoms with Crippen LogP contribution in [0.15, 0.2) is 48.5 Å². The molecular weight excluding hydrogens is 284 g/mol. The Morgan fingerprint density at radius 3 is 2.41 bits per heavy atom. The summed E-state index contributed by atoms with van der Waals surface area (Å²) in [6, 6.07) is 12.9. The topological polar surface area (TPSA) is 23.5 Å². The van der Waals surface area contributed by atoms with Gasteiger partial charge in [-0.15, -0.1) is 0 Å². The molecule has 1 unspecified atom stereocenters. The number of aliphatic hydroxyl groups is 1. The van der Waals surface area contributed by atoms with Crippen molar-refractivity contribution in [2.75, 3.05) is 6.54 Å². The lowest BCUT2D eigenvalue weighted by Crippen LogP contribution is -2.30. The highest BCUT2D eigenvalue weighted by Gasteiger charge is 2.30. The van der Waals surface area contributed by atoms with Gasteiger partial charge < -0.3 is 5.11 Å². The Bertz CT molecular complexity index is 625. The molecule has 0 saturated heterocycles. The molecule has 116 valence electrons. The molecule has 1 saturated carbocycles. The predicted octanol–water partition coefficient (Wildman–Crippen LogP) is 3.66. The minimum absolute atomic E-state index is 0.243. The van der Waals surface area contributed by atoms with E-state index in [4.69, 9.17) is 0 Å². The van der Waals surface area contributed by atoms with Gasteiger partial charge in [-0.25, -0.2) is 8.78 Å². The Balaban J connectivity index is 1.68. The van der Waals surface area contributed by atoms with Crippen LogP contribution in [0.4, 0.5) is 8.78 Å². The molecule has 0 amide bonds. The molecule has 1 aliphatic carbocycles. The van der Waals surface area contributed by atoms with Gasteiger partial charge >= 0.3 is 0 Å². The molecule has 2 aromatic rings. The van der Waals surface area contributed by atoms with E-state index in [2.05, 4.69) is 4.90 Å². The molecule has 0 spiro atoms. The van der Waals surface area contributed by atoms with E-state index < -0.39 is 6.10 Å². The summed E-state index contributed by atoms with van der Waals surface area (Å²) in [7, 11) is 0. The summed E-state index contributed by atoms with van der Waals surface area (Å²) in [5.41, 5.74) is 1.60. The number of benzene rings is 2. The van der Waals surface area contributed by atoms with Gasteiger partial charge in [0.15, 0.2) is 0 Å². The number of aliphatic hydroxyl groups excluding tert-OH is 1. The minimum Gasteiger partial charge on any atom is -0.387 e. The van der Waals surface area contributed by atoms with Crippen molar-refractivity contribution in [2.45, 2.75) is 31.5 Å². The van der Waals surface area contributed by atoms with Gasteiger partial charge in [0.05, 0.1) is 6.10 Å². The van der Waals surface area contributed by atoms with Crippen LogP contribution in [-0.2, 0) is 6.54 Å². The second-order valence-corrected chi connectivity index (χ2v) is 5.86. The fraction of sp³-hybridized carbons (Fsp3) is 0.333. The number of nitrogens with zero attached hydrogens (tertiary/aromatic N) is 1. The van der Waals surface area contributed by atoms with Crippen LogP contribution in [0.2, 0.25) is 0 Å². The molecule has 1 aliphatic rings. The van der Waals surface area contributed by atoms with Gasteiger partial charge in [0.2, 0.25) is 0 Å². The van der Waals surface area contributed by atoms with E-state index in [1.807, 2.05) is 6.07 Å². The van der Waals surface area contributed by atoms with E-state index in [0.717, 1.165) is 18.4 Å². The van der Waals surface area contributed by atoms with Gasteiger partial charge in [-0.2, -0.15) is 0 Å². The zero-order chi connectivity index (χ0) is 15.5. The molecular formula is C18H19F2NO. The average Bonchev–Trinajstić information content (AvgIpc) is 3.32. The Hall–Kier alpha value is -1.78. The molecule has 0 bridgehead atoms. The third-order valence-electron chi connectivity index (χ3n) is 4.00. The maximum Gasteiger partial charge on any atom is 0.123 e. The Labute approximate surface area is 129 Å². The van der Waals surface area contributed by atoms with Crippen LogP contribution in [-0.4, -0.2) is 22.6 Å². The van der Waals surface area contributed by atoms with E-state index in [9.17, 15) is 13.9 Å². The van der Waals surface area contributed by atoms with Gasteiger partial charge in [0.1, 0.15) is 11.6 Å². The van der Waals surface area contributed by atoms with Gasteiger partial charge in [-0.05, 0) is 48.2 Å². The summed E-state index contributed by atoms with van der Waals surface area (Å²) in [5.74, 6) is -0.554. The van der Waals surface area contributed by atoms with Crippen molar-refractivity contribution in [3.05, 3.63) is 71.3 Å². The summed E-state index contributed by atoms with van der Waals surface area (Å²) in [6.07, 6.45) is 1.53. The molecule has 0 heterocycles. The van der Waals surface area contributed by atoms with Crippen LogP contribution in [0, 0.1) is 11.6 Å². The van der Waals surface area contributed by atoms with Gasteiger partial charge in [-0.1, -0.05) is 24.3 Å². The van der Waals surface area contributed by atoms with E-state index in [1.165, 1.54) is 24.3 Å². The molecule has 1 atom stereocenters. The molecule has 3 rings (SSSR count). The van der Waals surface area contributed by atoms with Gasteiger partial charge in [0, 0.05) is 19.1 Å². The van der Waals surface area contributed by atoms with Crippen molar-refractivity contribution in [1.29, 1.82) is 0 Å². The van der Waals surface area contributed by atoms with Crippen LogP contribution in [0.3, 0.4) is 0 Å². The molecule has 0 aliphatic heterocycles. The van der Waals surface area contributed by atoms with Crippen LogP contribution in [0.5, 0.6) is 0 Å². The van der Waals surface area contributed by atoms with E-state index >= 15 is 0 Å². The van der Waals surface area contributed by atoms with Crippen molar-refractivity contribution >= 4 is 0 Å². The summed E-state index contributed by atoms with van der Waals surface area (Å²) in [6.45, 7) is 1.08. The second kappa shape index (κ2) is 6.55. The first kappa shape index (κ1) is 15.1. The minimum atomic E-state index is -0.672. The first-order chi connectivity index (χ1) is 10.6. The maximum atomic E-state index is 13.3. The summed E-state index contributed by atoms with van der Waals surface area (Å²) in [5, 5.41) is 10.4. The van der Waals surface area contributed by atoms with Crippen LogP contribution < -0.4 is 0 Å². The molecule has 1 fully saturated rings.